The molecule has 2 rings (SSSR count). The quantitative estimate of drug-likeness (QED) is 0.667. The molecule has 0 aliphatic carbocycles. The molecule has 1 saturated heterocycles. The number of ether oxygens (including phenoxy) is 1. The number of hydrogen-bond donors (Lipinski definition) is 1. The lowest BCUT2D eigenvalue weighted by Gasteiger charge is -2.09. The van der Waals surface area contributed by atoms with Crippen LogP contribution in [0.3, 0.4) is 0 Å². The summed E-state index contributed by atoms with van der Waals surface area (Å²) in [5.41, 5.74) is 0.549. The van der Waals surface area contributed by atoms with Crippen molar-refractivity contribution in [1.29, 1.82) is 0 Å². The molecular formula is C9H7BrN2O4. The summed E-state index contributed by atoms with van der Waals surface area (Å²) in [6.07, 6.45) is -0.995. The van der Waals surface area contributed by atoms with Gasteiger partial charge in [0.2, 0.25) is 0 Å². The summed E-state index contributed by atoms with van der Waals surface area (Å²) >= 11 is 3.15. The molecule has 1 unspecified atom stereocenters. The topological polar surface area (TPSA) is 81.5 Å². The fourth-order valence-electron chi connectivity index (χ4n) is 1.49. The van der Waals surface area contributed by atoms with Crippen LogP contribution >= 0.6 is 15.9 Å². The van der Waals surface area contributed by atoms with Gasteiger partial charge in [0.15, 0.2) is 0 Å². The summed E-state index contributed by atoms with van der Waals surface area (Å²) in [5.74, 6) is 0. The number of nitro benzene ring substituents is 1. The Morgan fingerprint density at radius 1 is 1.56 bits per heavy atom. The smallest absolute Gasteiger partial charge is 0.407 e. The molecule has 1 aliphatic heterocycles. The van der Waals surface area contributed by atoms with E-state index in [2.05, 4.69) is 21.2 Å². The molecule has 1 N–H and O–H groups in total. The van der Waals surface area contributed by atoms with Crippen molar-refractivity contribution in [2.45, 2.75) is 6.10 Å². The van der Waals surface area contributed by atoms with E-state index >= 15 is 0 Å². The van der Waals surface area contributed by atoms with E-state index in [1.54, 1.807) is 12.1 Å². The number of carbonyl (C=O) groups is 1. The first-order valence-corrected chi connectivity index (χ1v) is 5.26. The van der Waals surface area contributed by atoms with E-state index in [-0.39, 0.29) is 5.69 Å². The molecule has 1 aromatic carbocycles. The second kappa shape index (κ2) is 4.09. The fraction of sp³-hybridized carbons (Fsp3) is 0.222. The molecule has 16 heavy (non-hydrogen) atoms. The van der Waals surface area contributed by atoms with Crippen molar-refractivity contribution in [1.82, 2.24) is 5.32 Å². The van der Waals surface area contributed by atoms with Crippen LogP contribution in [0.2, 0.25) is 0 Å². The molecule has 1 aliphatic rings. The van der Waals surface area contributed by atoms with E-state index < -0.39 is 17.1 Å². The van der Waals surface area contributed by atoms with Crippen molar-refractivity contribution in [3.63, 3.8) is 0 Å². The lowest BCUT2D eigenvalue weighted by molar-refractivity contribution is -0.385. The number of alkyl carbamates (subject to hydrolysis) is 1. The highest BCUT2D eigenvalue weighted by molar-refractivity contribution is 9.10. The average Bonchev–Trinajstić information content (AvgIpc) is 2.64. The van der Waals surface area contributed by atoms with Gasteiger partial charge < -0.3 is 10.1 Å². The third-order valence-electron chi connectivity index (χ3n) is 2.23. The zero-order valence-electron chi connectivity index (χ0n) is 7.97. The van der Waals surface area contributed by atoms with Gasteiger partial charge in [0.05, 0.1) is 11.5 Å². The molecule has 0 bridgehead atoms. The Labute approximate surface area is 98.9 Å². The summed E-state index contributed by atoms with van der Waals surface area (Å²) in [7, 11) is 0. The lowest BCUT2D eigenvalue weighted by atomic mass is 10.1. The number of hydrogen-bond acceptors (Lipinski definition) is 4. The highest BCUT2D eigenvalue weighted by Crippen LogP contribution is 2.34. The van der Waals surface area contributed by atoms with Crippen LogP contribution in [-0.2, 0) is 4.74 Å². The number of rotatable bonds is 2. The molecular weight excluding hydrogens is 280 g/mol. The van der Waals surface area contributed by atoms with E-state index in [9.17, 15) is 14.9 Å². The first kappa shape index (κ1) is 10.9. The van der Waals surface area contributed by atoms with E-state index in [4.69, 9.17) is 4.74 Å². The molecule has 1 amide bonds. The van der Waals surface area contributed by atoms with Gasteiger partial charge in [0.1, 0.15) is 10.6 Å². The van der Waals surface area contributed by atoms with Crippen molar-refractivity contribution in [2.24, 2.45) is 0 Å². The minimum absolute atomic E-state index is 0.0413. The Morgan fingerprint density at radius 3 is 2.88 bits per heavy atom. The van der Waals surface area contributed by atoms with E-state index in [1.165, 1.54) is 6.07 Å². The van der Waals surface area contributed by atoms with Crippen molar-refractivity contribution < 1.29 is 14.5 Å². The monoisotopic (exact) mass is 286 g/mol. The molecule has 1 aromatic rings. The van der Waals surface area contributed by atoms with Crippen LogP contribution in [0.25, 0.3) is 0 Å². The molecule has 84 valence electrons. The Bertz CT molecular complexity index is 463. The predicted molar refractivity (Wildman–Crippen MR) is 58.0 cm³/mol. The van der Waals surface area contributed by atoms with E-state index in [1.807, 2.05) is 0 Å². The standard InChI is InChI=1S/C9H7BrN2O4/c10-8-5(7-4-11-9(13)16-7)2-1-3-6(8)12(14)15/h1-3,7H,4H2,(H,11,13). The van der Waals surface area contributed by atoms with Crippen LogP contribution in [0.15, 0.2) is 22.7 Å². The zero-order valence-corrected chi connectivity index (χ0v) is 9.56. The summed E-state index contributed by atoms with van der Waals surface area (Å²) in [4.78, 5) is 21.1. The molecule has 1 heterocycles. The van der Waals surface area contributed by atoms with Gasteiger partial charge in [-0.3, -0.25) is 10.1 Å². The maximum absolute atomic E-state index is 10.9. The van der Waals surface area contributed by atoms with Crippen LogP contribution in [0.4, 0.5) is 10.5 Å². The second-order valence-corrected chi connectivity index (χ2v) is 4.01. The highest BCUT2D eigenvalue weighted by atomic mass is 79.9. The number of nitrogens with zero attached hydrogens (tertiary/aromatic N) is 1. The van der Waals surface area contributed by atoms with Gasteiger partial charge in [-0.25, -0.2) is 4.79 Å². The first-order chi connectivity index (χ1) is 7.59. The maximum atomic E-state index is 10.9. The Kier molecular flexibility index (Phi) is 2.78. The van der Waals surface area contributed by atoms with Gasteiger partial charge in [-0.1, -0.05) is 12.1 Å². The van der Waals surface area contributed by atoms with Crippen molar-refractivity contribution >= 4 is 27.7 Å². The van der Waals surface area contributed by atoms with Crippen LogP contribution in [0, 0.1) is 10.1 Å². The van der Waals surface area contributed by atoms with Crippen molar-refractivity contribution in [2.75, 3.05) is 6.54 Å². The minimum atomic E-state index is -0.511. The van der Waals surface area contributed by atoms with Crippen LogP contribution in [0.1, 0.15) is 11.7 Å². The van der Waals surface area contributed by atoms with Crippen molar-refractivity contribution in [3.8, 4) is 0 Å². The summed E-state index contributed by atoms with van der Waals surface area (Å²) in [6.45, 7) is 0.318. The number of nitrogens with one attached hydrogen (secondary N) is 1. The molecule has 0 radical (unpaired) electrons. The maximum Gasteiger partial charge on any atom is 0.407 e. The number of cyclic esters (lactones) is 1. The van der Waals surface area contributed by atoms with Gasteiger partial charge in [-0.15, -0.1) is 0 Å². The van der Waals surface area contributed by atoms with Gasteiger partial charge in [-0.05, 0) is 15.9 Å². The molecule has 1 fully saturated rings. The number of benzene rings is 1. The third kappa shape index (κ3) is 1.85. The molecule has 0 aromatic heterocycles. The SMILES string of the molecule is O=C1NCC(c2cccc([N+](=O)[O-])c2Br)O1. The fourth-order valence-corrected chi connectivity index (χ4v) is 2.15. The van der Waals surface area contributed by atoms with E-state index in [0.29, 0.717) is 16.6 Å². The molecule has 7 heteroatoms. The normalized spacial score (nSPS) is 19.1. The van der Waals surface area contributed by atoms with Gasteiger partial charge in [0, 0.05) is 11.6 Å². The first-order valence-electron chi connectivity index (χ1n) is 4.47. The highest BCUT2D eigenvalue weighted by Gasteiger charge is 2.28. The Hall–Kier alpha value is -1.63. The largest absolute Gasteiger partial charge is 0.439 e. The van der Waals surface area contributed by atoms with Gasteiger partial charge in [0.25, 0.3) is 5.69 Å². The van der Waals surface area contributed by atoms with Crippen LogP contribution < -0.4 is 5.32 Å². The zero-order chi connectivity index (χ0) is 11.7. The molecule has 0 spiro atoms. The van der Waals surface area contributed by atoms with Crippen molar-refractivity contribution in [3.05, 3.63) is 38.3 Å². The summed E-state index contributed by atoms with van der Waals surface area (Å²) < 4.78 is 5.31. The lowest BCUT2D eigenvalue weighted by Crippen LogP contribution is -2.12. The third-order valence-corrected chi connectivity index (χ3v) is 3.10. The van der Waals surface area contributed by atoms with Crippen LogP contribution in [0.5, 0.6) is 0 Å². The number of halogens is 1. The van der Waals surface area contributed by atoms with Gasteiger partial charge in [-0.2, -0.15) is 0 Å². The predicted octanol–water partition coefficient (Wildman–Crippen LogP) is 2.14. The molecule has 6 nitrogen and oxygen atoms in total. The Morgan fingerprint density at radius 2 is 2.31 bits per heavy atom. The number of carbonyl (C=O) groups excluding carboxylic acids is 1. The van der Waals surface area contributed by atoms with Gasteiger partial charge >= 0.3 is 6.09 Å². The van der Waals surface area contributed by atoms with E-state index in [0.717, 1.165) is 0 Å². The average molecular weight is 287 g/mol. The second-order valence-electron chi connectivity index (χ2n) is 3.21. The summed E-state index contributed by atoms with van der Waals surface area (Å²) in [5, 5.41) is 13.2. The number of nitro groups is 1. The molecule has 0 saturated carbocycles. The van der Waals surface area contributed by atoms with Crippen LogP contribution in [-0.4, -0.2) is 17.6 Å². The minimum Gasteiger partial charge on any atom is -0.439 e. The summed E-state index contributed by atoms with van der Waals surface area (Å²) in [6, 6.07) is 4.63. The Balaban J connectivity index is 2.38. The number of amides is 1. The molecule has 1 atom stereocenters.